The van der Waals surface area contributed by atoms with Gasteiger partial charge in [0.25, 0.3) is 5.91 Å². The number of benzene rings is 2. The second kappa shape index (κ2) is 4.63. The number of hydrogen-bond acceptors (Lipinski definition) is 2. The van der Waals surface area contributed by atoms with Gasteiger partial charge in [-0.3, -0.25) is 4.79 Å². The summed E-state index contributed by atoms with van der Waals surface area (Å²) < 4.78 is 7.31. The number of anilines is 1. The molecule has 0 saturated heterocycles. The van der Waals surface area contributed by atoms with Gasteiger partial charge < -0.3 is 14.2 Å². The minimum Gasteiger partial charge on any atom is -0.497 e. The third kappa shape index (κ3) is 1.80. The SMILES string of the molecule is COc1ccc2c(c1)CN(c1ccc3ccn(C)c3c1)C2=O. The van der Waals surface area contributed by atoms with E-state index in [4.69, 9.17) is 4.74 Å². The summed E-state index contributed by atoms with van der Waals surface area (Å²) in [4.78, 5) is 14.5. The molecule has 2 aromatic carbocycles. The molecule has 0 fully saturated rings. The van der Waals surface area contributed by atoms with Crippen molar-refractivity contribution in [1.82, 2.24) is 4.57 Å². The van der Waals surface area contributed by atoms with Gasteiger partial charge in [-0.15, -0.1) is 0 Å². The lowest BCUT2D eigenvalue weighted by molar-refractivity contribution is 0.0996. The number of amides is 1. The highest BCUT2D eigenvalue weighted by atomic mass is 16.5. The number of aromatic nitrogens is 1. The molecule has 0 saturated carbocycles. The molecular formula is C18H16N2O2. The van der Waals surface area contributed by atoms with Crippen molar-refractivity contribution in [3.63, 3.8) is 0 Å². The van der Waals surface area contributed by atoms with E-state index >= 15 is 0 Å². The quantitative estimate of drug-likeness (QED) is 0.726. The van der Waals surface area contributed by atoms with Crippen molar-refractivity contribution >= 4 is 22.5 Å². The Morgan fingerprint density at radius 1 is 1.09 bits per heavy atom. The van der Waals surface area contributed by atoms with Gasteiger partial charge in [-0.05, 0) is 47.3 Å². The van der Waals surface area contributed by atoms with Crippen LogP contribution >= 0.6 is 0 Å². The highest BCUT2D eigenvalue weighted by molar-refractivity contribution is 6.10. The van der Waals surface area contributed by atoms with Crippen LogP contribution in [0.4, 0.5) is 5.69 Å². The Balaban J connectivity index is 1.76. The summed E-state index contributed by atoms with van der Waals surface area (Å²) >= 11 is 0. The van der Waals surface area contributed by atoms with Crippen LogP contribution in [0.25, 0.3) is 10.9 Å². The molecule has 110 valence electrons. The van der Waals surface area contributed by atoms with Gasteiger partial charge in [-0.1, -0.05) is 6.07 Å². The Morgan fingerprint density at radius 3 is 2.77 bits per heavy atom. The Hall–Kier alpha value is -2.75. The van der Waals surface area contributed by atoms with E-state index < -0.39 is 0 Å². The summed E-state index contributed by atoms with van der Waals surface area (Å²) in [5.41, 5.74) is 3.82. The maximum absolute atomic E-state index is 12.6. The van der Waals surface area contributed by atoms with E-state index in [1.165, 1.54) is 5.39 Å². The molecule has 1 aliphatic rings. The largest absolute Gasteiger partial charge is 0.497 e. The molecule has 3 aromatic rings. The molecule has 4 heteroatoms. The van der Waals surface area contributed by atoms with E-state index in [1.54, 1.807) is 7.11 Å². The van der Waals surface area contributed by atoms with Gasteiger partial charge in [0.1, 0.15) is 5.75 Å². The fourth-order valence-corrected chi connectivity index (χ4v) is 3.05. The fourth-order valence-electron chi connectivity index (χ4n) is 3.05. The maximum Gasteiger partial charge on any atom is 0.258 e. The topological polar surface area (TPSA) is 34.5 Å². The molecule has 2 heterocycles. The van der Waals surface area contributed by atoms with Crippen LogP contribution in [-0.4, -0.2) is 17.6 Å². The van der Waals surface area contributed by atoms with Crippen LogP contribution in [0.15, 0.2) is 48.7 Å². The zero-order chi connectivity index (χ0) is 15.3. The number of ether oxygens (including phenoxy) is 1. The standard InChI is InChI=1S/C18H16N2O2/c1-19-8-7-12-3-4-14(10-17(12)19)20-11-13-9-15(22-2)5-6-16(13)18(20)21/h3-10H,11H2,1-2H3. The number of hydrogen-bond donors (Lipinski definition) is 0. The van der Waals surface area contributed by atoms with Crippen molar-refractivity contribution in [2.24, 2.45) is 7.05 Å². The molecule has 0 spiro atoms. The van der Waals surface area contributed by atoms with Crippen molar-refractivity contribution < 1.29 is 9.53 Å². The fraction of sp³-hybridized carbons (Fsp3) is 0.167. The van der Waals surface area contributed by atoms with E-state index in [1.807, 2.05) is 42.4 Å². The molecule has 0 aliphatic carbocycles. The lowest BCUT2D eigenvalue weighted by Gasteiger charge is -2.16. The molecule has 0 bridgehead atoms. The predicted molar refractivity (Wildman–Crippen MR) is 86.4 cm³/mol. The Kier molecular flexibility index (Phi) is 2.73. The first kappa shape index (κ1) is 13.0. The number of nitrogens with zero attached hydrogens (tertiary/aromatic N) is 2. The van der Waals surface area contributed by atoms with E-state index in [0.29, 0.717) is 6.54 Å². The molecule has 1 aromatic heterocycles. The third-order valence-electron chi connectivity index (χ3n) is 4.30. The van der Waals surface area contributed by atoms with Crippen molar-refractivity contribution in [3.8, 4) is 5.75 Å². The number of carbonyl (C=O) groups excluding carboxylic acids is 1. The second-order valence-electron chi connectivity index (χ2n) is 5.58. The van der Waals surface area contributed by atoms with E-state index in [9.17, 15) is 4.79 Å². The summed E-state index contributed by atoms with van der Waals surface area (Å²) in [6.45, 7) is 0.585. The van der Waals surface area contributed by atoms with Crippen LogP contribution in [0.5, 0.6) is 5.75 Å². The lowest BCUT2D eigenvalue weighted by Crippen LogP contribution is -2.22. The first-order valence-electron chi connectivity index (χ1n) is 7.21. The van der Waals surface area contributed by atoms with E-state index in [0.717, 1.165) is 28.1 Å². The monoisotopic (exact) mass is 292 g/mol. The third-order valence-corrected chi connectivity index (χ3v) is 4.30. The molecule has 0 N–H and O–H groups in total. The van der Waals surface area contributed by atoms with Crippen LogP contribution in [0.1, 0.15) is 15.9 Å². The zero-order valence-electron chi connectivity index (χ0n) is 12.5. The predicted octanol–water partition coefficient (Wildman–Crippen LogP) is 3.35. The summed E-state index contributed by atoms with van der Waals surface area (Å²) in [5, 5.41) is 1.18. The van der Waals surface area contributed by atoms with Crippen LogP contribution < -0.4 is 9.64 Å². The van der Waals surface area contributed by atoms with Crippen molar-refractivity contribution in [2.45, 2.75) is 6.54 Å². The van der Waals surface area contributed by atoms with Crippen molar-refractivity contribution in [1.29, 1.82) is 0 Å². The maximum atomic E-state index is 12.6. The molecule has 0 radical (unpaired) electrons. The minimum atomic E-state index is 0.0474. The molecule has 1 amide bonds. The minimum absolute atomic E-state index is 0.0474. The summed E-state index contributed by atoms with van der Waals surface area (Å²) in [6.07, 6.45) is 2.03. The number of methoxy groups -OCH3 is 1. The Morgan fingerprint density at radius 2 is 1.95 bits per heavy atom. The van der Waals surface area contributed by atoms with Gasteiger partial charge in [0.2, 0.25) is 0 Å². The number of fused-ring (bicyclic) bond motifs is 2. The van der Waals surface area contributed by atoms with Crippen molar-refractivity contribution in [2.75, 3.05) is 12.0 Å². The lowest BCUT2D eigenvalue weighted by atomic mass is 10.1. The van der Waals surface area contributed by atoms with Gasteiger partial charge >= 0.3 is 0 Å². The molecular weight excluding hydrogens is 276 g/mol. The number of aryl methyl sites for hydroxylation is 1. The normalized spacial score (nSPS) is 13.7. The van der Waals surface area contributed by atoms with Gasteiger partial charge in [0, 0.05) is 30.0 Å². The van der Waals surface area contributed by atoms with Crippen LogP contribution in [-0.2, 0) is 13.6 Å². The van der Waals surface area contributed by atoms with Crippen molar-refractivity contribution in [3.05, 3.63) is 59.8 Å². The zero-order valence-corrected chi connectivity index (χ0v) is 12.5. The molecule has 0 unspecified atom stereocenters. The average molecular weight is 292 g/mol. The first-order valence-corrected chi connectivity index (χ1v) is 7.21. The van der Waals surface area contributed by atoms with Crippen LogP contribution in [0.2, 0.25) is 0 Å². The second-order valence-corrected chi connectivity index (χ2v) is 5.58. The molecule has 22 heavy (non-hydrogen) atoms. The Bertz CT molecular complexity index is 895. The van der Waals surface area contributed by atoms with Crippen LogP contribution in [0, 0.1) is 0 Å². The average Bonchev–Trinajstić information content (AvgIpc) is 3.08. The summed E-state index contributed by atoms with van der Waals surface area (Å²) in [7, 11) is 3.65. The highest BCUT2D eigenvalue weighted by Gasteiger charge is 2.28. The number of carbonyl (C=O) groups is 1. The molecule has 4 nitrogen and oxygen atoms in total. The van der Waals surface area contributed by atoms with E-state index in [-0.39, 0.29) is 5.91 Å². The van der Waals surface area contributed by atoms with Gasteiger partial charge in [-0.2, -0.15) is 0 Å². The molecule has 1 aliphatic heterocycles. The highest BCUT2D eigenvalue weighted by Crippen LogP contribution is 2.32. The molecule has 0 atom stereocenters. The van der Waals surface area contributed by atoms with Crippen LogP contribution in [0.3, 0.4) is 0 Å². The summed E-state index contributed by atoms with van der Waals surface area (Å²) in [5.74, 6) is 0.831. The van der Waals surface area contributed by atoms with Gasteiger partial charge in [-0.25, -0.2) is 0 Å². The van der Waals surface area contributed by atoms with Gasteiger partial charge in [0.15, 0.2) is 0 Å². The van der Waals surface area contributed by atoms with E-state index in [2.05, 4.69) is 22.8 Å². The smallest absolute Gasteiger partial charge is 0.258 e. The first-order chi connectivity index (χ1) is 10.7. The number of rotatable bonds is 2. The van der Waals surface area contributed by atoms with Gasteiger partial charge in [0.05, 0.1) is 13.7 Å². The molecule has 4 rings (SSSR count). The summed E-state index contributed by atoms with van der Waals surface area (Å²) in [6, 6.07) is 13.8. The Labute approximate surface area is 128 Å².